The number of aliphatic hydroxyl groups excluding tert-OH is 5. The van der Waals surface area contributed by atoms with Crippen molar-refractivity contribution in [1.82, 2.24) is 0 Å². The van der Waals surface area contributed by atoms with Crippen molar-refractivity contribution < 1.29 is 30.3 Å². The number of aliphatic hydroxyl groups is 5. The lowest BCUT2D eigenvalue weighted by Gasteiger charge is -2.24. The van der Waals surface area contributed by atoms with E-state index < -0.39 is 36.7 Å². The van der Waals surface area contributed by atoms with Crippen molar-refractivity contribution in [1.29, 1.82) is 0 Å². The van der Waals surface area contributed by atoms with E-state index in [1.165, 1.54) is 0 Å². The first-order chi connectivity index (χ1) is 5.91. The van der Waals surface area contributed by atoms with Crippen molar-refractivity contribution in [3.63, 3.8) is 0 Å². The van der Waals surface area contributed by atoms with Gasteiger partial charge in [-0.25, -0.2) is 0 Å². The van der Waals surface area contributed by atoms with Crippen LogP contribution in [-0.2, 0) is 4.79 Å². The van der Waals surface area contributed by atoms with Crippen LogP contribution in [0.15, 0.2) is 0 Å². The van der Waals surface area contributed by atoms with Gasteiger partial charge in [-0.05, 0) is 0 Å². The average Bonchev–Trinajstić information content (AvgIpc) is 2.12. The van der Waals surface area contributed by atoms with Crippen LogP contribution < -0.4 is 0 Å². The molecule has 0 aromatic heterocycles. The van der Waals surface area contributed by atoms with E-state index in [-0.39, 0.29) is 0 Å². The monoisotopic (exact) mass is 192 g/mol. The number of hydrogen-bond acceptors (Lipinski definition) is 6. The first-order valence-corrected chi connectivity index (χ1v) is 3.75. The molecule has 6 nitrogen and oxygen atoms in total. The van der Waals surface area contributed by atoms with Gasteiger partial charge in [-0.2, -0.15) is 0 Å². The fourth-order valence-corrected chi connectivity index (χ4v) is 0.763. The maximum atomic E-state index is 10.5. The lowest BCUT2D eigenvalue weighted by molar-refractivity contribution is -0.140. The summed E-state index contributed by atoms with van der Waals surface area (Å²) in [5, 5.41) is 44.3. The summed E-state index contributed by atoms with van der Waals surface area (Å²) >= 11 is 0. The van der Waals surface area contributed by atoms with Crippen LogP contribution in [0.2, 0.25) is 0 Å². The first-order valence-electron chi connectivity index (χ1n) is 3.75. The Morgan fingerprint density at radius 1 is 1.15 bits per heavy atom. The van der Waals surface area contributed by atoms with Crippen LogP contribution in [0.5, 0.6) is 0 Å². The molecule has 0 saturated carbocycles. The molecular formula is C6H13BO6. The van der Waals surface area contributed by atoms with E-state index in [1.54, 1.807) is 0 Å². The normalized spacial score (nSPS) is 20.4. The van der Waals surface area contributed by atoms with Gasteiger partial charge in [-0.3, -0.25) is 0 Å². The SMILES string of the molecule is BC(=O)[C@H](O)[C@@H](O)[C@H](O)[C@H](O)CO. The molecule has 0 rings (SSSR count). The molecule has 0 aliphatic carbocycles. The van der Waals surface area contributed by atoms with E-state index in [4.69, 9.17) is 25.5 Å². The maximum absolute atomic E-state index is 10.5. The van der Waals surface area contributed by atoms with Gasteiger partial charge in [0.05, 0.1) is 6.61 Å². The van der Waals surface area contributed by atoms with Crippen molar-refractivity contribution in [2.24, 2.45) is 0 Å². The number of carbonyl (C=O) groups is 1. The summed E-state index contributed by atoms with van der Waals surface area (Å²) in [4.78, 5) is 10.5. The molecule has 0 aliphatic heterocycles. The fourth-order valence-electron chi connectivity index (χ4n) is 0.763. The molecule has 0 radical (unpaired) electrons. The summed E-state index contributed by atoms with van der Waals surface area (Å²) in [7, 11) is 1.03. The summed E-state index contributed by atoms with van der Waals surface area (Å²) < 4.78 is 0. The Morgan fingerprint density at radius 2 is 1.62 bits per heavy atom. The highest BCUT2D eigenvalue weighted by Gasteiger charge is 2.31. The highest BCUT2D eigenvalue weighted by Crippen LogP contribution is 2.04. The third-order valence-electron chi connectivity index (χ3n) is 1.67. The summed E-state index contributed by atoms with van der Waals surface area (Å²) in [6, 6.07) is 0. The van der Waals surface area contributed by atoms with Crippen molar-refractivity contribution in [2.45, 2.75) is 24.4 Å². The van der Waals surface area contributed by atoms with Crippen LogP contribution >= 0.6 is 0 Å². The molecule has 0 aromatic rings. The molecule has 0 unspecified atom stereocenters. The smallest absolute Gasteiger partial charge is 0.190 e. The van der Waals surface area contributed by atoms with Crippen molar-refractivity contribution >= 4 is 13.5 Å². The van der Waals surface area contributed by atoms with Gasteiger partial charge in [0.25, 0.3) is 0 Å². The van der Waals surface area contributed by atoms with Crippen LogP contribution in [0.1, 0.15) is 0 Å². The maximum Gasteiger partial charge on any atom is 0.190 e. The lowest BCUT2D eigenvalue weighted by atomic mass is 9.90. The Bertz CT molecular complexity index is 175. The number of hydrogen-bond donors (Lipinski definition) is 5. The highest BCUT2D eigenvalue weighted by atomic mass is 16.4. The van der Waals surface area contributed by atoms with E-state index in [0.717, 1.165) is 7.85 Å². The van der Waals surface area contributed by atoms with Crippen LogP contribution in [0, 0.1) is 0 Å². The number of rotatable bonds is 5. The minimum atomic E-state index is -1.79. The molecule has 0 bridgehead atoms. The molecule has 0 aliphatic rings. The van der Waals surface area contributed by atoms with Crippen LogP contribution in [0.3, 0.4) is 0 Å². The average molecular weight is 192 g/mol. The molecule has 7 heteroatoms. The number of carbonyl (C=O) groups excluding carboxylic acids is 1. The summed E-state index contributed by atoms with van der Waals surface area (Å²) in [5.74, 6) is 0. The molecule has 0 saturated heterocycles. The first kappa shape index (κ1) is 12.5. The van der Waals surface area contributed by atoms with Gasteiger partial charge in [0.2, 0.25) is 0 Å². The van der Waals surface area contributed by atoms with Gasteiger partial charge in [-0.15, -0.1) is 0 Å². The van der Waals surface area contributed by atoms with E-state index in [2.05, 4.69) is 0 Å². The Labute approximate surface area is 75.8 Å². The van der Waals surface area contributed by atoms with Crippen molar-refractivity contribution in [3.8, 4) is 0 Å². The molecule has 0 amide bonds. The van der Waals surface area contributed by atoms with Gasteiger partial charge in [0, 0.05) is 0 Å². The molecule has 0 spiro atoms. The largest absolute Gasteiger partial charge is 0.394 e. The second-order valence-electron chi connectivity index (χ2n) is 2.79. The van der Waals surface area contributed by atoms with Gasteiger partial charge in [-0.1, -0.05) is 0 Å². The lowest BCUT2D eigenvalue weighted by Crippen LogP contribution is -2.48. The van der Waals surface area contributed by atoms with Gasteiger partial charge in [0.15, 0.2) is 7.85 Å². The second-order valence-corrected chi connectivity index (χ2v) is 2.79. The van der Waals surface area contributed by atoms with Crippen LogP contribution in [0.4, 0.5) is 0 Å². The topological polar surface area (TPSA) is 118 Å². The van der Waals surface area contributed by atoms with E-state index in [1.807, 2.05) is 0 Å². The van der Waals surface area contributed by atoms with E-state index >= 15 is 0 Å². The second kappa shape index (κ2) is 5.30. The van der Waals surface area contributed by atoms with Crippen molar-refractivity contribution in [2.75, 3.05) is 6.61 Å². The quantitative estimate of drug-likeness (QED) is 0.280. The predicted octanol–water partition coefficient (Wildman–Crippen LogP) is -4.42. The Balaban J connectivity index is 4.24. The van der Waals surface area contributed by atoms with Gasteiger partial charge >= 0.3 is 0 Å². The fraction of sp³-hybridized carbons (Fsp3) is 0.833. The molecule has 4 atom stereocenters. The minimum Gasteiger partial charge on any atom is -0.394 e. The Morgan fingerprint density at radius 3 is 1.92 bits per heavy atom. The molecule has 76 valence electrons. The Hall–Kier alpha value is -0.465. The summed E-state index contributed by atoms with van der Waals surface area (Å²) in [6.45, 7) is -0.761. The Kier molecular flexibility index (Phi) is 5.11. The molecular weight excluding hydrogens is 179 g/mol. The summed E-state index contributed by atoms with van der Waals surface area (Å²) in [6.07, 6.45) is -6.87. The predicted molar refractivity (Wildman–Crippen MR) is 44.7 cm³/mol. The molecule has 13 heavy (non-hydrogen) atoms. The van der Waals surface area contributed by atoms with Crippen molar-refractivity contribution in [3.05, 3.63) is 0 Å². The zero-order chi connectivity index (χ0) is 10.6. The third kappa shape index (κ3) is 3.41. The van der Waals surface area contributed by atoms with Crippen LogP contribution in [-0.4, -0.2) is 70.1 Å². The molecule has 5 N–H and O–H groups in total. The van der Waals surface area contributed by atoms with Crippen LogP contribution in [0.25, 0.3) is 0 Å². The summed E-state index contributed by atoms with van der Waals surface area (Å²) in [5.41, 5.74) is -0.725. The molecule has 0 heterocycles. The van der Waals surface area contributed by atoms with E-state index in [9.17, 15) is 4.79 Å². The third-order valence-corrected chi connectivity index (χ3v) is 1.67. The van der Waals surface area contributed by atoms with Gasteiger partial charge in [0.1, 0.15) is 30.1 Å². The highest BCUT2D eigenvalue weighted by molar-refractivity contribution is 6.58. The minimum absolute atomic E-state index is 0.725. The molecule has 0 aromatic carbocycles. The standard InChI is InChI=1S/C6H13BO6/c7-6(13)5(12)4(11)3(10)2(9)1-8/h2-5,8-12H,1,7H2/t2-,3-,4+,5-/m1/s1. The zero-order valence-corrected chi connectivity index (χ0v) is 7.16. The van der Waals surface area contributed by atoms with E-state index in [0.29, 0.717) is 0 Å². The zero-order valence-electron chi connectivity index (χ0n) is 7.16. The molecule has 0 fully saturated rings. The van der Waals surface area contributed by atoms with Gasteiger partial charge < -0.3 is 30.3 Å².